The molecule has 0 rings (SSSR count). The molecule has 0 nitrogen and oxygen atoms in total. The Hall–Kier alpha value is 1.87. The molecule has 0 heterocycles. The van der Waals surface area contributed by atoms with Gasteiger partial charge in [0.2, 0.25) is 0 Å². The summed E-state index contributed by atoms with van der Waals surface area (Å²) >= 11 is 0. The fraction of sp³-hybridized carbons (Fsp3) is 1.00. The molecule has 18 valence electrons. The van der Waals surface area contributed by atoms with Crippen LogP contribution in [0.2, 0.25) is 13.6 Å². The van der Waals surface area contributed by atoms with Crippen LogP contribution in [0.4, 0.5) is 0 Å². The van der Waals surface area contributed by atoms with E-state index in [0.29, 0.717) is 0 Å². The van der Waals surface area contributed by atoms with Crippen LogP contribution in [0.15, 0.2) is 0 Å². The van der Waals surface area contributed by atoms with Gasteiger partial charge in [0.25, 0.3) is 0 Å². The van der Waals surface area contributed by atoms with Crippen molar-refractivity contribution in [2.75, 3.05) is 0 Å². The van der Waals surface area contributed by atoms with E-state index in [2.05, 4.69) is 0 Å². The maximum atomic E-state index is 2.00. The zero-order chi connectivity index (χ0) is 2.71. The van der Waals surface area contributed by atoms with Crippen molar-refractivity contribution in [3.63, 3.8) is 0 Å². The second-order valence-corrected chi connectivity index (χ2v) is 0.577. The van der Waals surface area contributed by atoms with E-state index in [1.165, 1.54) is 0 Å². The Morgan fingerprint density at radius 1 is 1.25 bits per heavy atom. The van der Waals surface area contributed by atoms with Crippen molar-refractivity contribution in [2.24, 2.45) is 0 Å². The first-order valence-electron chi connectivity index (χ1n) is 1.15. The van der Waals surface area contributed by atoms with Crippen molar-refractivity contribution in [3.8, 4) is 0 Å². The molecule has 0 aliphatic carbocycles. The summed E-state index contributed by atoms with van der Waals surface area (Å²) in [5.74, 6) is 0. The maximum absolute atomic E-state index is 2.00. The van der Waals surface area contributed by atoms with E-state index in [9.17, 15) is 0 Å². The molecule has 0 saturated carbocycles. The van der Waals surface area contributed by atoms with Gasteiger partial charge in [-0.05, 0) is 0 Å². The van der Waals surface area contributed by atoms with Gasteiger partial charge in [-0.15, -0.1) is 0 Å². The average Bonchev–Trinajstić information content (AvgIpc) is 0.918. The summed E-state index contributed by atoms with van der Waals surface area (Å²) < 4.78 is 0. The van der Waals surface area contributed by atoms with Crippen LogP contribution in [0.5, 0.6) is 0 Å². The fourth-order valence-corrected chi connectivity index (χ4v) is 0. The molecule has 2 radical (unpaired) electrons. The van der Waals surface area contributed by atoms with Crippen molar-refractivity contribution < 1.29 is 58.2 Å². The molecule has 0 unspecified atom stereocenters. The first-order valence-corrected chi connectivity index (χ1v) is 1.15. The first-order chi connectivity index (χ1) is 1.41. The van der Waals surface area contributed by atoms with E-state index in [0.717, 1.165) is 0 Å². The molecule has 0 aromatic rings. The summed E-state index contributed by atoms with van der Waals surface area (Å²) in [7, 11) is 2.00. The first kappa shape index (κ1) is 9.30. The molecular weight excluding hydrogens is 120 g/mol. The summed E-state index contributed by atoms with van der Waals surface area (Å²) in [5.41, 5.74) is 0. The summed E-state index contributed by atoms with van der Waals surface area (Å²) in [6.07, 6.45) is 0. The Morgan fingerprint density at radius 3 is 1.25 bits per heavy atom. The molecule has 0 bridgehead atoms. The Balaban J connectivity index is 0. The van der Waals surface area contributed by atoms with Gasteiger partial charge in [0, 0.05) is 0 Å². The number of hydrogen-bond donors (Lipinski definition) is 0. The molecule has 2 heteroatoms. The van der Waals surface area contributed by atoms with Crippen molar-refractivity contribution in [1.29, 1.82) is 0 Å². The largest absolute Gasteiger partial charge is 1.00 e. The summed E-state index contributed by atoms with van der Waals surface area (Å²) in [6, 6.07) is 0. The summed E-state index contributed by atoms with van der Waals surface area (Å²) in [5, 5.41) is 0. The number of rotatable bonds is 0. The zero-order valence-electron chi connectivity index (χ0n) is 3.58. The molecule has 0 spiro atoms. The Bertz CT molecular complexity index is 6.00. The van der Waals surface area contributed by atoms with E-state index in [1.54, 1.807) is 0 Å². The van der Waals surface area contributed by atoms with Crippen molar-refractivity contribution in [2.45, 2.75) is 13.6 Å². The minimum atomic E-state index is 0. The number of hydrogen-bond acceptors (Lipinski definition) is 0. The molecule has 0 aliphatic rings. The van der Waals surface area contributed by atoms with E-state index in [-0.39, 0.29) is 58.2 Å². The minimum Gasteiger partial charge on any atom is -0.345 e. The third-order valence-corrected chi connectivity index (χ3v) is 0. The maximum Gasteiger partial charge on any atom is 1.00 e. The summed E-state index contributed by atoms with van der Waals surface area (Å²) in [6.45, 7) is 4.00. The van der Waals surface area contributed by atoms with Crippen LogP contribution >= 0.6 is 0 Å². The smallest absolute Gasteiger partial charge is 0.345 e. The van der Waals surface area contributed by atoms with Crippen LogP contribution < -0.4 is 58.2 Å². The fourth-order valence-electron chi connectivity index (χ4n) is 0. The van der Waals surface area contributed by atoms with Gasteiger partial charge < -0.3 is 7.28 Å². The van der Waals surface area contributed by atoms with Crippen LogP contribution in [0.25, 0.3) is 0 Å². The van der Waals surface area contributed by atoms with E-state index in [4.69, 9.17) is 0 Å². The normalized spacial score (nSPS) is 4.50. The predicted octanol–water partition coefficient (Wildman–Crippen LogP) is -2.21. The standard InChI is InChI=1S/C2H6B.Rb/c1-3-2;/h1-2H3;/q-1;+1. The average molecular weight is 126 g/mol. The molecule has 4 heavy (non-hydrogen) atoms. The van der Waals surface area contributed by atoms with Gasteiger partial charge in [-0.2, -0.15) is 0 Å². The van der Waals surface area contributed by atoms with Crippen molar-refractivity contribution in [3.05, 3.63) is 0 Å². The quantitative estimate of drug-likeness (QED) is 0.323. The van der Waals surface area contributed by atoms with Crippen LogP contribution in [0.3, 0.4) is 0 Å². The van der Waals surface area contributed by atoms with E-state index in [1.807, 2.05) is 20.9 Å². The Morgan fingerprint density at radius 2 is 1.25 bits per heavy atom. The third-order valence-electron chi connectivity index (χ3n) is 0. The molecular formula is C2H6BRb. The Labute approximate surface area is 77.4 Å². The van der Waals surface area contributed by atoms with Gasteiger partial charge in [0.05, 0.1) is 0 Å². The van der Waals surface area contributed by atoms with Gasteiger partial charge in [-0.1, -0.05) is 0 Å². The molecule has 0 N–H and O–H groups in total. The van der Waals surface area contributed by atoms with Gasteiger partial charge in [0.1, 0.15) is 0 Å². The Kier molecular flexibility index (Phi) is 20.6. The van der Waals surface area contributed by atoms with E-state index >= 15 is 0 Å². The summed E-state index contributed by atoms with van der Waals surface area (Å²) in [4.78, 5) is 0. The van der Waals surface area contributed by atoms with Crippen LogP contribution in [0, 0.1) is 0 Å². The van der Waals surface area contributed by atoms with Gasteiger partial charge in [-0.3, -0.25) is 13.6 Å². The zero-order valence-corrected chi connectivity index (χ0v) is 8.49. The SMILES string of the molecule is C[B-]C.[Rb+]. The van der Waals surface area contributed by atoms with Crippen LogP contribution in [-0.2, 0) is 0 Å². The molecule has 0 atom stereocenters. The van der Waals surface area contributed by atoms with Gasteiger partial charge in [0.15, 0.2) is 0 Å². The molecule has 0 amide bonds. The second-order valence-electron chi connectivity index (χ2n) is 0.577. The minimum absolute atomic E-state index is 0. The molecule has 0 fully saturated rings. The molecule has 0 saturated heterocycles. The van der Waals surface area contributed by atoms with Crippen LogP contribution in [0.1, 0.15) is 0 Å². The second kappa shape index (κ2) is 8.85. The predicted molar refractivity (Wildman–Crippen MR) is 17.5 cm³/mol. The van der Waals surface area contributed by atoms with Gasteiger partial charge >= 0.3 is 58.2 Å². The molecule has 0 aromatic carbocycles. The topological polar surface area (TPSA) is 0 Å². The molecule has 0 aromatic heterocycles. The third kappa shape index (κ3) is 9.12. The van der Waals surface area contributed by atoms with E-state index < -0.39 is 0 Å². The van der Waals surface area contributed by atoms with Crippen molar-refractivity contribution >= 4 is 7.28 Å². The monoisotopic (exact) mass is 126 g/mol. The van der Waals surface area contributed by atoms with Crippen LogP contribution in [-0.4, -0.2) is 7.28 Å². The van der Waals surface area contributed by atoms with Gasteiger partial charge in [-0.25, -0.2) is 0 Å². The van der Waals surface area contributed by atoms with Crippen molar-refractivity contribution in [1.82, 2.24) is 0 Å². The molecule has 0 aliphatic heterocycles.